The standard InChI is InChI=1S/C14H18N2O/c1-4-8-15-11-7-9-16-14-12(17-3)6-5-10(2)13(11)14/h5-7,9H,4,8H2,1-3H3,(H,15,16). The van der Waals surface area contributed by atoms with Gasteiger partial charge in [-0.1, -0.05) is 13.0 Å². The van der Waals surface area contributed by atoms with Crippen molar-refractivity contribution in [1.29, 1.82) is 0 Å². The predicted octanol–water partition coefficient (Wildman–Crippen LogP) is 3.37. The van der Waals surface area contributed by atoms with Gasteiger partial charge < -0.3 is 10.1 Å². The predicted molar refractivity (Wildman–Crippen MR) is 71.8 cm³/mol. The Bertz CT molecular complexity index is 523. The molecular formula is C14H18N2O. The van der Waals surface area contributed by atoms with E-state index in [0.717, 1.165) is 35.3 Å². The molecule has 0 saturated heterocycles. The van der Waals surface area contributed by atoms with Gasteiger partial charge >= 0.3 is 0 Å². The molecule has 0 atom stereocenters. The van der Waals surface area contributed by atoms with E-state index in [0.29, 0.717) is 0 Å². The summed E-state index contributed by atoms with van der Waals surface area (Å²) in [6.45, 7) is 5.22. The van der Waals surface area contributed by atoms with Crippen LogP contribution in [0.4, 0.5) is 5.69 Å². The van der Waals surface area contributed by atoms with Crippen LogP contribution in [0.25, 0.3) is 10.9 Å². The van der Waals surface area contributed by atoms with Crippen molar-refractivity contribution in [3.63, 3.8) is 0 Å². The first-order valence-corrected chi connectivity index (χ1v) is 5.94. The molecule has 0 spiro atoms. The van der Waals surface area contributed by atoms with Crippen molar-refractivity contribution >= 4 is 16.6 Å². The topological polar surface area (TPSA) is 34.2 Å². The second-order valence-electron chi connectivity index (χ2n) is 4.09. The summed E-state index contributed by atoms with van der Waals surface area (Å²) in [7, 11) is 1.68. The van der Waals surface area contributed by atoms with Crippen molar-refractivity contribution in [1.82, 2.24) is 4.98 Å². The summed E-state index contributed by atoms with van der Waals surface area (Å²) >= 11 is 0. The zero-order valence-corrected chi connectivity index (χ0v) is 10.6. The molecule has 1 N–H and O–H groups in total. The Morgan fingerprint density at radius 1 is 1.29 bits per heavy atom. The molecule has 2 aromatic rings. The summed E-state index contributed by atoms with van der Waals surface area (Å²) < 4.78 is 5.35. The summed E-state index contributed by atoms with van der Waals surface area (Å²) in [6, 6.07) is 6.05. The van der Waals surface area contributed by atoms with Crippen LogP contribution in [-0.2, 0) is 0 Å². The minimum Gasteiger partial charge on any atom is -0.494 e. The quantitative estimate of drug-likeness (QED) is 0.874. The highest BCUT2D eigenvalue weighted by Crippen LogP contribution is 2.31. The molecule has 0 aliphatic rings. The summed E-state index contributed by atoms with van der Waals surface area (Å²) in [6.07, 6.45) is 2.93. The number of ether oxygens (including phenoxy) is 1. The molecule has 2 rings (SSSR count). The number of hydrogen-bond donors (Lipinski definition) is 1. The molecule has 0 aliphatic heterocycles. The lowest BCUT2D eigenvalue weighted by Crippen LogP contribution is -2.02. The molecule has 17 heavy (non-hydrogen) atoms. The van der Waals surface area contributed by atoms with Crippen LogP contribution in [0.3, 0.4) is 0 Å². The van der Waals surface area contributed by atoms with Gasteiger partial charge in [0.05, 0.1) is 7.11 Å². The second-order valence-corrected chi connectivity index (χ2v) is 4.09. The third-order valence-corrected chi connectivity index (χ3v) is 2.85. The molecule has 0 amide bonds. The number of aryl methyl sites for hydroxylation is 1. The van der Waals surface area contributed by atoms with Crippen LogP contribution in [-0.4, -0.2) is 18.6 Å². The van der Waals surface area contributed by atoms with E-state index in [9.17, 15) is 0 Å². The maximum absolute atomic E-state index is 5.35. The minimum absolute atomic E-state index is 0.825. The maximum atomic E-state index is 5.35. The molecule has 3 heteroatoms. The molecule has 3 nitrogen and oxygen atoms in total. The maximum Gasteiger partial charge on any atom is 0.145 e. The van der Waals surface area contributed by atoms with E-state index < -0.39 is 0 Å². The lowest BCUT2D eigenvalue weighted by Gasteiger charge is -2.12. The summed E-state index contributed by atoms with van der Waals surface area (Å²) in [5, 5.41) is 4.59. The molecule has 1 aromatic carbocycles. The van der Waals surface area contributed by atoms with E-state index in [1.54, 1.807) is 7.11 Å². The van der Waals surface area contributed by atoms with Gasteiger partial charge in [-0.3, -0.25) is 4.98 Å². The van der Waals surface area contributed by atoms with E-state index in [2.05, 4.69) is 30.2 Å². The molecule has 0 bridgehead atoms. The van der Waals surface area contributed by atoms with E-state index in [1.807, 2.05) is 18.3 Å². The van der Waals surface area contributed by atoms with Gasteiger partial charge in [0.25, 0.3) is 0 Å². The van der Waals surface area contributed by atoms with Crippen LogP contribution in [0, 0.1) is 6.92 Å². The van der Waals surface area contributed by atoms with Gasteiger partial charge in [0.1, 0.15) is 11.3 Å². The first kappa shape index (κ1) is 11.7. The van der Waals surface area contributed by atoms with Gasteiger partial charge in [0.2, 0.25) is 0 Å². The van der Waals surface area contributed by atoms with Crippen LogP contribution >= 0.6 is 0 Å². The largest absolute Gasteiger partial charge is 0.494 e. The van der Waals surface area contributed by atoms with Gasteiger partial charge in [0, 0.05) is 23.8 Å². The third-order valence-electron chi connectivity index (χ3n) is 2.85. The molecule has 0 fully saturated rings. The molecular weight excluding hydrogens is 212 g/mol. The summed E-state index contributed by atoms with van der Waals surface area (Å²) in [5.74, 6) is 0.825. The number of pyridine rings is 1. The average molecular weight is 230 g/mol. The van der Waals surface area contributed by atoms with Crippen LogP contribution in [0.2, 0.25) is 0 Å². The van der Waals surface area contributed by atoms with Gasteiger partial charge in [-0.05, 0) is 31.0 Å². The minimum atomic E-state index is 0.825. The molecule has 0 unspecified atom stereocenters. The molecule has 90 valence electrons. The van der Waals surface area contributed by atoms with E-state index in [-0.39, 0.29) is 0 Å². The zero-order valence-electron chi connectivity index (χ0n) is 10.6. The SMILES string of the molecule is CCCNc1ccnc2c(OC)ccc(C)c12. The van der Waals surface area contributed by atoms with Crippen molar-refractivity contribution in [3.8, 4) is 5.75 Å². The first-order valence-electron chi connectivity index (χ1n) is 5.94. The Balaban J connectivity index is 2.61. The number of aromatic nitrogens is 1. The van der Waals surface area contributed by atoms with Gasteiger partial charge in [0.15, 0.2) is 0 Å². The van der Waals surface area contributed by atoms with Crippen molar-refractivity contribution in [3.05, 3.63) is 30.0 Å². The Labute approximate surface area is 102 Å². The van der Waals surface area contributed by atoms with Crippen LogP contribution in [0.1, 0.15) is 18.9 Å². The Morgan fingerprint density at radius 2 is 2.12 bits per heavy atom. The lowest BCUT2D eigenvalue weighted by molar-refractivity contribution is 0.419. The second kappa shape index (κ2) is 5.04. The molecule has 0 aliphatic carbocycles. The Kier molecular flexibility index (Phi) is 3.47. The highest BCUT2D eigenvalue weighted by atomic mass is 16.5. The van der Waals surface area contributed by atoms with Gasteiger partial charge in [-0.2, -0.15) is 0 Å². The number of rotatable bonds is 4. The lowest BCUT2D eigenvalue weighted by atomic mass is 10.1. The number of benzene rings is 1. The molecule has 1 aromatic heterocycles. The number of anilines is 1. The molecule has 0 radical (unpaired) electrons. The highest BCUT2D eigenvalue weighted by molar-refractivity contribution is 5.97. The summed E-state index contributed by atoms with van der Waals surface area (Å²) in [5.41, 5.74) is 3.27. The first-order chi connectivity index (χ1) is 8.27. The smallest absolute Gasteiger partial charge is 0.145 e. The highest BCUT2D eigenvalue weighted by Gasteiger charge is 2.08. The van der Waals surface area contributed by atoms with E-state index in [4.69, 9.17) is 4.74 Å². The number of nitrogens with zero attached hydrogens (tertiary/aromatic N) is 1. The van der Waals surface area contributed by atoms with Crippen LogP contribution in [0.15, 0.2) is 24.4 Å². The number of nitrogens with one attached hydrogen (secondary N) is 1. The molecule has 1 heterocycles. The third kappa shape index (κ3) is 2.18. The summed E-state index contributed by atoms with van der Waals surface area (Å²) in [4.78, 5) is 4.42. The van der Waals surface area contributed by atoms with E-state index >= 15 is 0 Å². The number of methoxy groups -OCH3 is 1. The Hall–Kier alpha value is -1.77. The van der Waals surface area contributed by atoms with E-state index in [1.165, 1.54) is 5.56 Å². The van der Waals surface area contributed by atoms with Crippen molar-refractivity contribution in [2.45, 2.75) is 20.3 Å². The van der Waals surface area contributed by atoms with Crippen LogP contribution in [0.5, 0.6) is 5.75 Å². The Morgan fingerprint density at radius 3 is 2.82 bits per heavy atom. The van der Waals surface area contributed by atoms with Gasteiger partial charge in [-0.25, -0.2) is 0 Å². The molecule has 0 saturated carbocycles. The normalized spacial score (nSPS) is 10.5. The fraction of sp³-hybridized carbons (Fsp3) is 0.357. The van der Waals surface area contributed by atoms with Gasteiger partial charge in [-0.15, -0.1) is 0 Å². The number of fused-ring (bicyclic) bond motifs is 1. The monoisotopic (exact) mass is 230 g/mol. The van der Waals surface area contributed by atoms with Crippen molar-refractivity contribution in [2.24, 2.45) is 0 Å². The fourth-order valence-corrected chi connectivity index (χ4v) is 1.98. The zero-order chi connectivity index (χ0) is 12.3. The average Bonchev–Trinajstić information content (AvgIpc) is 2.36. The number of hydrogen-bond acceptors (Lipinski definition) is 3. The van der Waals surface area contributed by atoms with Crippen molar-refractivity contribution < 1.29 is 4.74 Å². The fourth-order valence-electron chi connectivity index (χ4n) is 1.98. The van der Waals surface area contributed by atoms with Crippen molar-refractivity contribution in [2.75, 3.05) is 19.0 Å². The van der Waals surface area contributed by atoms with Crippen LogP contribution < -0.4 is 10.1 Å².